The van der Waals surface area contributed by atoms with Gasteiger partial charge >= 0.3 is 0 Å². The zero-order valence-corrected chi connectivity index (χ0v) is 13.3. The van der Waals surface area contributed by atoms with E-state index >= 15 is 0 Å². The largest absolute Gasteiger partial charge is 0.384 e. The Hall–Kier alpha value is -2.39. The van der Waals surface area contributed by atoms with Crippen LogP contribution >= 0.6 is 0 Å². The van der Waals surface area contributed by atoms with Crippen LogP contribution in [-0.4, -0.2) is 14.7 Å². The average Bonchev–Trinajstić information content (AvgIpc) is 3.14. The summed E-state index contributed by atoms with van der Waals surface area (Å²) in [5, 5.41) is 10.5. The van der Waals surface area contributed by atoms with Crippen LogP contribution < -0.4 is 0 Å². The Labute approximate surface area is 137 Å². The Bertz CT molecular complexity index is 705. The maximum absolute atomic E-state index is 10.5. The van der Waals surface area contributed by atoms with E-state index in [1.54, 1.807) is 0 Å². The van der Waals surface area contributed by atoms with Gasteiger partial charge in [-0.15, -0.1) is 0 Å². The summed E-state index contributed by atoms with van der Waals surface area (Å²) < 4.78 is 2.14. The summed E-state index contributed by atoms with van der Waals surface area (Å²) in [6.45, 7) is 2.19. The van der Waals surface area contributed by atoms with E-state index in [1.807, 2.05) is 61.2 Å². The average molecular weight is 306 g/mol. The number of hydrogen-bond acceptors (Lipinski definition) is 2. The van der Waals surface area contributed by atoms with Crippen LogP contribution in [0.3, 0.4) is 0 Å². The molecule has 0 bridgehead atoms. The van der Waals surface area contributed by atoms with Gasteiger partial charge < -0.3 is 9.67 Å². The second kappa shape index (κ2) is 7.25. The van der Waals surface area contributed by atoms with Gasteiger partial charge in [0.25, 0.3) is 0 Å². The minimum atomic E-state index is -0.580. The van der Waals surface area contributed by atoms with Gasteiger partial charge in [0, 0.05) is 12.4 Å². The maximum Gasteiger partial charge on any atom is 0.104 e. The SMILES string of the molecule is CCCC(c1ccc(C(O)c2ccccc2)cc1)n1ccnc1. The third-order valence-electron chi connectivity index (χ3n) is 4.20. The van der Waals surface area contributed by atoms with Crippen molar-refractivity contribution in [3.63, 3.8) is 0 Å². The lowest BCUT2D eigenvalue weighted by Crippen LogP contribution is -2.09. The number of hydrogen-bond donors (Lipinski definition) is 1. The normalized spacial score (nSPS) is 13.7. The molecule has 1 aromatic heterocycles. The first kappa shape index (κ1) is 15.5. The smallest absolute Gasteiger partial charge is 0.104 e. The number of aliphatic hydroxyl groups excluding tert-OH is 1. The van der Waals surface area contributed by atoms with E-state index in [2.05, 4.69) is 28.6 Å². The van der Waals surface area contributed by atoms with Crippen molar-refractivity contribution >= 4 is 0 Å². The summed E-state index contributed by atoms with van der Waals surface area (Å²) in [7, 11) is 0. The number of imidazole rings is 1. The van der Waals surface area contributed by atoms with E-state index in [0.717, 1.165) is 24.0 Å². The molecule has 0 aliphatic heterocycles. The molecule has 3 rings (SSSR count). The molecule has 0 saturated heterocycles. The summed E-state index contributed by atoms with van der Waals surface area (Å²) in [5.41, 5.74) is 3.08. The summed E-state index contributed by atoms with van der Waals surface area (Å²) in [5.74, 6) is 0. The second-order valence-electron chi connectivity index (χ2n) is 5.79. The highest BCUT2D eigenvalue weighted by Gasteiger charge is 2.14. The van der Waals surface area contributed by atoms with Crippen LogP contribution in [0.5, 0.6) is 0 Å². The molecule has 2 aromatic carbocycles. The number of aromatic nitrogens is 2. The second-order valence-corrected chi connectivity index (χ2v) is 5.79. The summed E-state index contributed by atoms with van der Waals surface area (Å²) in [4.78, 5) is 4.16. The van der Waals surface area contributed by atoms with E-state index < -0.39 is 6.10 Å². The predicted octanol–water partition coefficient (Wildman–Crippen LogP) is 4.35. The molecule has 1 N–H and O–H groups in total. The van der Waals surface area contributed by atoms with Crippen molar-refractivity contribution in [2.75, 3.05) is 0 Å². The fraction of sp³-hybridized carbons (Fsp3) is 0.250. The minimum absolute atomic E-state index is 0.297. The predicted molar refractivity (Wildman–Crippen MR) is 92.2 cm³/mol. The van der Waals surface area contributed by atoms with Crippen molar-refractivity contribution in [2.24, 2.45) is 0 Å². The van der Waals surface area contributed by atoms with Crippen LogP contribution in [0.2, 0.25) is 0 Å². The van der Waals surface area contributed by atoms with Gasteiger partial charge in [-0.25, -0.2) is 4.98 Å². The van der Waals surface area contributed by atoms with Gasteiger partial charge in [-0.1, -0.05) is 67.9 Å². The lowest BCUT2D eigenvalue weighted by atomic mass is 9.97. The lowest BCUT2D eigenvalue weighted by Gasteiger charge is -2.19. The van der Waals surface area contributed by atoms with E-state index in [-0.39, 0.29) is 0 Å². The monoisotopic (exact) mass is 306 g/mol. The molecule has 23 heavy (non-hydrogen) atoms. The highest BCUT2D eigenvalue weighted by Crippen LogP contribution is 2.27. The van der Waals surface area contributed by atoms with Gasteiger partial charge in [0.15, 0.2) is 0 Å². The Kier molecular flexibility index (Phi) is 4.89. The van der Waals surface area contributed by atoms with Crippen LogP contribution in [0.4, 0.5) is 0 Å². The molecule has 0 amide bonds. The molecule has 0 radical (unpaired) electrons. The van der Waals surface area contributed by atoms with E-state index in [0.29, 0.717) is 6.04 Å². The summed E-state index contributed by atoms with van der Waals surface area (Å²) in [6.07, 6.45) is 7.29. The zero-order chi connectivity index (χ0) is 16.1. The number of benzene rings is 2. The first-order valence-corrected chi connectivity index (χ1v) is 8.10. The van der Waals surface area contributed by atoms with E-state index in [1.165, 1.54) is 5.56 Å². The van der Waals surface area contributed by atoms with Crippen LogP contribution in [0.25, 0.3) is 0 Å². The van der Waals surface area contributed by atoms with E-state index in [9.17, 15) is 5.11 Å². The van der Waals surface area contributed by atoms with Crippen LogP contribution in [-0.2, 0) is 0 Å². The summed E-state index contributed by atoms with van der Waals surface area (Å²) in [6, 6.07) is 18.3. The van der Waals surface area contributed by atoms with Crippen molar-refractivity contribution in [2.45, 2.75) is 31.9 Å². The Morgan fingerprint density at radius 2 is 1.61 bits per heavy atom. The first-order valence-electron chi connectivity index (χ1n) is 8.10. The van der Waals surface area contributed by atoms with Crippen molar-refractivity contribution in [1.29, 1.82) is 0 Å². The molecule has 1 heterocycles. The molecule has 118 valence electrons. The Balaban J connectivity index is 1.83. The van der Waals surface area contributed by atoms with Crippen LogP contribution in [0.1, 0.15) is 48.6 Å². The number of nitrogens with zero attached hydrogens (tertiary/aromatic N) is 2. The highest BCUT2D eigenvalue weighted by molar-refractivity contribution is 5.33. The van der Waals surface area contributed by atoms with Gasteiger partial charge in [0.2, 0.25) is 0 Å². The molecular weight excluding hydrogens is 284 g/mol. The van der Waals surface area contributed by atoms with Gasteiger partial charge in [0.1, 0.15) is 6.10 Å². The quantitative estimate of drug-likeness (QED) is 0.735. The third-order valence-corrected chi connectivity index (χ3v) is 4.20. The van der Waals surface area contributed by atoms with Crippen molar-refractivity contribution in [3.8, 4) is 0 Å². The third kappa shape index (κ3) is 3.51. The zero-order valence-electron chi connectivity index (χ0n) is 13.3. The molecule has 0 fully saturated rings. The van der Waals surface area contributed by atoms with Crippen LogP contribution in [0, 0.1) is 0 Å². The number of aliphatic hydroxyl groups is 1. The highest BCUT2D eigenvalue weighted by atomic mass is 16.3. The van der Waals surface area contributed by atoms with Gasteiger partial charge in [-0.3, -0.25) is 0 Å². The Morgan fingerprint density at radius 1 is 0.957 bits per heavy atom. The molecule has 3 aromatic rings. The molecule has 3 heteroatoms. The molecule has 0 saturated carbocycles. The fourth-order valence-electron chi connectivity index (χ4n) is 2.94. The Morgan fingerprint density at radius 3 is 2.22 bits per heavy atom. The topological polar surface area (TPSA) is 38.0 Å². The molecule has 3 nitrogen and oxygen atoms in total. The molecule has 0 aliphatic carbocycles. The minimum Gasteiger partial charge on any atom is -0.384 e. The van der Waals surface area contributed by atoms with Gasteiger partial charge in [0.05, 0.1) is 12.4 Å². The molecule has 2 unspecified atom stereocenters. The molecule has 2 atom stereocenters. The van der Waals surface area contributed by atoms with E-state index in [4.69, 9.17) is 0 Å². The van der Waals surface area contributed by atoms with Crippen molar-refractivity contribution in [3.05, 3.63) is 90.0 Å². The number of rotatable bonds is 6. The van der Waals surface area contributed by atoms with Gasteiger partial charge in [-0.2, -0.15) is 0 Å². The molecule has 0 aliphatic rings. The maximum atomic E-state index is 10.5. The molecule has 0 spiro atoms. The van der Waals surface area contributed by atoms with Gasteiger partial charge in [-0.05, 0) is 23.1 Å². The summed E-state index contributed by atoms with van der Waals surface area (Å²) >= 11 is 0. The van der Waals surface area contributed by atoms with Crippen molar-refractivity contribution < 1.29 is 5.11 Å². The standard InChI is InChI=1S/C20H22N2O/c1-2-6-19(22-14-13-21-15-22)16-9-11-18(12-10-16)20(23)17-7-4-3-5-8-17/h3-5,7-15,19-20,23H,2,6H2,1H3. The lowest BCUT2D eigenvalue weighted by molar-refractivity contribution is 0.220. The fourth-order valence-corrected chi connectivity index (χ4v) is 2.94. The molecular formula is C20H22N2O. The first-order chi connectivity index (χ1) is 11.3. The van der Waals surface area contributed by atoms with Crippen molar-refractivity contribution in [1.82, 2.24) is 9.55 Å². The van der Waals surface area contributed by atoms with Crippen LogP contribution in [0.15, 0.2) is 73.3 Å².